The molecule has 0 radical (unpaired) electrons. The van der Waals surface area contributed by atoms with Gasteiger partial charge in [-0.25, -0.2) is 4.98 Å². The Morgan fingerprint density at radius 3 is 2.92 bits per heavy atom. The number of nitrogens with one attached hydrogen (secondary N) is 1. The minimum atomic E-state index is -0.196. The number of halogens is 1. The number of rotatable bonds is 3. The van der Waals surface area contributed by atoms with E-state index in [1.54, 1.807) is 18.3 Å². The summed E-state index contributed by atoms with van der Waals surface area (Å²) in [5, 5.41) is 2.63. The zero-order chi connectivity index (χ0) is 9.68. The molecule has 1 aromatic heterocycles. The van der Waals surface area contributed by atoms with Gasteiger partial charge >= 0.3 is 0 Å². The predicted octanol–water partition coefficient (Wildman–Crippen LogP) is 0.533. The lowest BCUT2D eigenvalue weighted by molar-refractivity contribution is 0.0950. The topological polar surface area (TPSA) is 68.0 Å². The SMILES string of the molecule is NCCNC(=O)c1ccc(Br)cn1. The lowest BCUT2D eigenvalue weighted by Gasteiger charge is -2.01. The number of hydrogen-bond donors (Lipinski definition) is 2. The zero-order valence-corrected chi connectivity index (χ0v) is 8.54. The van der Waals surface area contributed by atoms with Crippen molar-refractivity contribution in [1.82, 2.24) is 10.3 Å². The molecule has 0 atom stereocenters. The largest absolute Gasteiger partial charge is 0.349 e. The van der Waals surface area contributed by atoms with Crippen LogP contribution in [0.5, 0.6) is 0 Å². The maximum atomic E-state index is 11.3. The van der Waals surface area contributed by atoms with Gasteiger partial charge < -0.3 is 11.1 Å². The molecule has 70 valence electrons. The van der Waals surface area contributed by atoms with Crippen LogP contribution in [0.3, 0.4) is 0 Å². The second kappa shape index (κ2) is 4.94. The molecular formula is C8H10BrN3O. The summed E-state index contributed by atoms with van der Waals surface area (Å²) in [6.45, 7) is 0.902. The number of nitrogens with zero attached hydrogens (tertiary/aromatic N) is 1. The highest BCUT2D eigenvalue weighted by molar-refractivity contribution is 9.10. The number of pyridine rings is 1. The summed E-state index contributed by atoms with van der Waals surface area (Å²) in [6, 6.07) is 3.42. The molecular weight excluding hydrogens is 234 g/mol. The predicted molar refractivity (Wildman–Crippen MR) is 53.3 cm³/mol. The van der Waals surface area contributed by atoms with E-state index in [0.717, 1.165) is 4.47 Å². The van der Waals surface area contributed by atoms with Gasteiger partial charge in [-0.1, -0.05) is 0 Å². The fourth-order valence-electron chi connectivity index (χ4n) is 0.786. The summed E-state index contributed by atoms with van der Waals surface area (Å²) in [6.07, 6.45) is 1.58. The van der Waals surface area contributed by atoms with Crippen molar-refractivity contribution < 1.29 is 4.79 Å². The normalized spacial score (nSPS) is 9.69. The smallest absolute Gasteiger partial charge is 0.269 e. The monoisotopic (exact) mass is 243 g/mol. The Bertz CT molecular complexity index is 286. The lowest BCUT2D eigenvalue weighted by atomic mass is 10.3. The van der Waals surface area contributed by atoms with Gasteiger partial charge in [-0.2, -0.15) is 0 Å². The van der Waals surface area contributed by atoms with E-state index in [4.69, 9.17) is 5.73 Å². The van der Waals surface area contributed by atoms with Gasteiger partial charge in [0.05, 0.1) is 0 Å². The molecule has 5 heteroatoms. The first-order valence-corrected chi connectivity index (χ1v) is 4.63. The van der Waals surface area contributed by atoms with Crippen LogP contribution in [0.1, 0.15) is 10.5 Å². The molecule has 1 amide bonds. The van der Waals surface area contributed by atoms with Gasteiger partial charge in [0.2, 0.25) is 0 Å². The van der Waals surface area contributed by atoms with E-state index in [2.05, 4.69) is 26.2 Å². The second-order valence-corrected chi connectivity index (χ2v) is 3.32. The molecule has 0 spiro atoms. The molecule has 1 heterocycles. The van der Waals surface area contributed by atoms with E-state index >= 15 is 0 Å². The van der Waals surface area contributed by atoms with Crippen molar-refractivity contribution in [3.05, 3.63) is 28.5 Å². The first-order valence-electron chi connectivity index (χ1n) is 3.84. The Morgan fingerprint density at radius 1 is 1.62 bits per heavy atom. The highest BCUT2D eigenvalue weighted by Crippen LogP contribution is 2.06. The molecule has 4 nitrogen and oxygen atoms in total. The summed E-state index contributed by atoms with van der Waals surface area (Å²) < 4.78 is 0.850. The van der Waals surface area contributed by atoms with Gasteiger partial charge in [-0.3, -0.25) is 4.79 Å². The van der Waals surface area contributed by atoms with Crippen LogP contribution in [0.4, 0.5) is 0 Å². The molecule has 0 aromatic carbocycles. The van der Waals surface area contributed by atoms with Crippen LogP contribution in [-0.2, 0) is 0 Å². The van der Waals surface area contributed by atoms with Crippen molar-refractivity contribution in [3.63, 3.8) is 0 Å². The highest BCUT2D eigenvalue weighted by Gasteiger charge is 2.04. The Hall–Kier alpha value is -0.940. The van der Waals surface area contributed by atoms with Crippen LogP contribution < -0.4 is 11.1 Å². The minimum Gasteiger partial charge on any atom is -0.349 e. The number of amides is 1. The van der Waals surface area contributed by atoms with Gasteiger partial charge in [0.25, 0.3) is 5.91 Å². The first kappa shape index (κ1) is 10.1. The summed E-state index contributed by atoms with van der Waals surface area (Å²) in [5.74, 6) is -0.196. The van der Waals surface area contributed by atoms with Gasteiger partial charge in [0.1, 0.15) is 5.69 Å². The quantitative estimate of drug-likeness (QED) is 0.815. The zero-order valence-electron chi connectivity index (χ0n) is 6.96. The Balaban J connectivity index is 2.61. The van der Waals surface area contributed by atoms with E-state index in [1.165, 1.54) is 0 Å². The van der Waals surface area contributed by atoms with Gasteiger partial charge in [-0.05, 0) is 28.1 Å². The van der Waals surface area contributed by atoms with E-state index < -0.39 is 0 Å². The van der Waals surface area contributed by atoms with Gasteiger partial charge in [-0.15, -0.1) is 0 Å². The molecule has 0 aliphatic carbocycles. The van der Waals surface area contributed by atoms with E-state index in [-0.39, 0.29) is 5.91 Å². The number of hydrogen-bond acceptors (Lipinski definition) is 3. The van der Waals surface area contributed by atoms with Crippen LogP contribution in [0.15, 0.2) is 22.8 Å². The van der Waals surface area contributed by atoms with Crippen LogP contribution in [0.2, 0.25) is 0 Å². The van der Waals surface area contributed by atoms with Crippen molar-refractivity contribution in [2.75, 3.05) is 13.1 Å². The minimum absolute atomic E-state index is 0.196. The van der Waals surface area contributed by atoms with Crippen molar-refractivity contribution in [2.45, 2.75) is 0 Å². The van der Waals surface area contributed by atoms with Crippen LogP contribution in [0, 0.1) is 0 Å². The number of carbonyl (C=O) groups excluding carboxylic acids is 1. The van der Waals surface area contributed by atoms with Crippen LogP contribution in [0.25, 0.3) is 0 Å². The summed E-state index contributed by atoms with van der Waals surface area (Å²) in [4.78, 5) is 15.2. The molecule has 0 bridgehead atoms. The van der Waals surface area contributed by atoms with E-state index in [0.29, 0.717) is 18.8 Å². The maximum absolute atomic E-state index is 11.3. The fraction of sp³-hybridized carbons (Fsp3) is 0.250. The average molecular weight is 244 g/mol. The number of aromatic nitrogens is 1. The average Bonchev–Trinajstić information content (AvgIpc) is 2.15. The Morgan fingerprint density at radius 2 is 2.38 bits per heavy atom. The second-order valence-electron chi connectivity index (χ2n) is 2.41. The van der Waals surface area contributed by atoms with E-state index in [9.17, 15) is 4.79 Å². The Kier molecular flexibility index (Phi) is 3.85. The Labute approximate surface area is 84.7 Å². The molecule has 0 unspecified atom stereocenters. The van der Waals surface area contributed by atoms with E-state index in [1.807, 2.05) is 0 Å². The van der Waals surface area contributed by atoms with Crippen molar-refractivity contribution in [3.8, 4) is 0 Å². The first-order chi connectivity index (χ1) is 6.24. The molecule has 0 aliphatic heterocycles. The van der Waals surface area contributed by atoms with Crippen LogP contribution >= 0.6 is 15.9 Å². The highest BCUT2D eigenvalue weighted by atomic mass is 79.9. The molecule has 0 aliphatic rings. The summed E-state index contributed by atoms with van der Waals surface area (Å²) in [7, 11) is 0. The number of carbonyl (C=O) groups is 1. The fourth-order valence-corrected chi connectivity index (χ4v) is 1.02. The van der Waals surface area contributed by atoms with Gasteiger partial charge in [0.15, 0.2) is 0 Å². The molecule has 0 saturated heterocycles. The standard InChI is InChI=1S/C8H10BrN3O/c9-6-1-2-7(12-5-6)8(13)11-4-3-10/h1-2,5H,3-4,10H2,(H,11,13). The van der Waals surface area contributed by atoms with Crippen molar-refractivity contribution in [1.29, 1.82) is 0 Å². The summed E-state index contributed by atoms with van der Waals surface area (Å²) >= 11 is 3.23. The number of nitrogens with two attached hydrogens (primary N) is 1. The van der Waals surface area contributed by atoms with Crippen LogP contribution in [-0.4, -0.2) is 24.0 Å². The molecule has 1 rings (SSSR count). The third-order valence-corrected chi connectivity index (χ3v) is 1.86. The maximum Gasteiger partial charge on any atom is 0.269 e. The summed E-state index contributed by atoms with van der Waals surface area (Å²) in [5.41, 5.74) is 5.64. The van der Waals surface area contributed by atoms with Crippen molar-refractivity contribution in [2.24, 2.45) is 5.73 Å². The molecule has 0 saturated carbocycles. The third-order valence-electron chi connectivity index (χ3n) is 1.39. The lowest BCUT2D eigenvalue weighted by Crippen LogP contribution is -2.29. The molecule has 13 heavy (non-hydrogen) atoms. The molecule has 1 aromatic rings. The van der Waals surface area contributed by atoms with Crippen molar-refractivity contribution >= 4 is 21.8 Å². The molecule has 0 fully saturated rings. The molecule has 3 N–H and O–H groups in total. The third kappa shape index (κ3) is 3.12. The van der Waals surface area contributed by atoms with Gasteiger partial charge in [0, 0.05) is 23.8 Å².